The second kappa shape index (κ2) is 5.54. The number of ether oxygens (including phenoxy) is 1. The van der Waals surface area contributed by atoms with Gasteiger partial charge in [0.1, 0.15) is 5.60 Å². The average Bonchev–Trinajstić information content (AvgIpc) is 1.95. The lowest BCUT2D eigenvalue weighted by molar-refractivity contribution is 0.0518. The second-order valence-electron chi connectivity index (χ2n) is 4.24. The molecule has 0 bridgehead atoms. The fourth-order valence-electron chi connectivity index (χ4n) is 0.753. The summed E-state index contributed by atoms with van der Waals surface area (Å²) < 4.78 is 26.1. The minimum atomic E-state index is -3.69. The van der Waals surface area contributed by atoms with Crippen LogP contribution in [-0.4, -0.2) is 26.2 Å². The van der Waals surface area contributed by atoms with Gasteiger partial charge in [0.15, 0.2) is 0 Å². The van der Waals surface area contributed by atoms with Crippen LogP contribution in [0.2, 0.25) is 0 Å². The van der Waals surface area contributed by atoms with Gasteiger partial charge in [-0.1, -0.05) is 0 Å². The van der Waals surface area contributed by atoms with E-state index in [4.69, 9.17) is 15.4 Å². The third-order valence-electron chi connectivity index (χ3n) is 1.27. The third-order valence-corrected chi connectivity index (χ3v) is 2.07. The van der Waals surface area contributed by atoms with Crippen molar-refractivity contribution in [2.45, 2.75) is 39.3 Å². The van der Waals surface area contributed by atoms with Crippen molar-refractivity contribution in [2.75, 3.05) is 0 Å². The summed E-state index contributed by atoms with van der Waals surface area (Å²) in [5.41, 5.74) is -0.591. The minimum absolute atomic E-state index is 0.483. The maximum Gasteiger partial charge on any atom is 0.408 e. The number of rotatable bonds is 3. The van der Waals surface area contributed by atoms with Crippen LogP contribution in [0.5, 0.6) is 0 Å². The van der Waals surface area contributed by atoms with Crippen LogP contribution in [0, 0.1) is 0 Å². The molecule has 0 saturated heterocycles. The first-order valence-electron chi connectivity index (χ1n) is 4.62. The molecule has 0 aromatic carbocycles. The van der Waals surface area contributed by atoms with E-state index >= 15 is 0 Å². The molecule has 0 aliphatic rings. The summed E-state index contributed by atoms with van der Waals surface area (Å²) in [6.07, 6.45) is 0.642. The van der Waals surface area contributed by atoms with Crippen LogP contribution >= 0.6 is 10.7 Å². The minimum Gasteiger partial charge on any atom is -0.444 e. The molecular weight excluding hydrogens is 254 g/mol. The standard InChI is InChI=1S/C9H16ClNO4S/c1-7(5-6-16(10,13)14)11-8(12)15-9(2,3)4/h5-7H,1-4H3,(H,11,12)/b6-5+. The van der Waals surface area contributed by atoms with Gasteiger partial charge in [-0.3, -0.25) is 0 Å². The topological polar surface area (TPSA) is 72.5 Å². The Morgan fingerprint density at radius 1 is 1.44 bits per heavy atom. The maximum atomic E-state index is 11.2. The van der Waals surface area contributed by atoms with Crippen LogP contribution < -0.4 is 5.32 Å². The van der Waals surface area contributed by atoms with E-state index in [9.17, 15) is 13.2 Å². The van der Waals surface area contributed by atoms with Gasteiger partial charge in [-0.25, -0.2) is 13.2 Å². The quantitative estimate of drug-likeness (QED) is 0.795. The molecule has 94 valence electrons. The zero-order valence-corrected chi connectivity index (χ0v) is 11.2. The van der Waals surface area contributed by atoms with Crippen LogP contribution in [0.25, 0.3) is 0 Å². The first kappa shape index (κ1) is 15.2. The number of carbonyl (C=O) groups is 1. The summed E-state index contributed by atoms with van der Waals surface area (Å²) in [4.78, 5) is 11.2. The van der Waals surface area contributed by atoms with Gasteiger partial charge in [0.25, 0.3) is 9.05 Å². The number of amides is 1. The van der Waals surface area contributed by atoms with E-state index in [-0.39, 0.29) is 0 Å². The Hall–Kier alpha value is -0.750. The van der Waals surface area contributed by atoms with Crippen LogP contribution in [0.1, 0.15) is 27.7 Å². The molecule has 0 rings (SSSR count). The van der Waals surface area contributed by atoms with Gasteiger partial charge >= 0.3 is 6.09 Å². The SMILES string of the molecule is CC(/C=C/S(=O)(=O)Cl)NC(=O)OC(C)(C)C. The van der Waals surface area contributed by atoms with Crippen molar-refractivity contribution < 1.29 is 17.9 Å². The lowest BCUT2D eigenvalue weighted by atomic mass is 10.2. The van der Waals surface area contributed by atoms with Crippen molar-refractivity contribution in [1.82, 2.24) is 5.32 Å². The van der Waals surface area contributed by atoms with E-state index in [0.29, 0.717) is 0 Å². The van der Waals surface area contributed by atoms with Crippen LogP contribution in [-0.2, 0) is 13.8 Å². The van der Waals surface area contributed by atoms with Gasteiger partial charge in [0.2, 0.25) is 0 Å². The first-order valence-corrected chi connectivity index (χ1v) is 6.99. The molecule has 7 heteroatoms. The Kier molecular flexibility index (Phi) is 5.28. The van der Waals surface area contributed by atoms with Gasteiger partial charge in [-0.05, 0) is 33.8 Å². The van der Waals surface area contributed by atoms with Gasteiger partial charge in [0, 0.05) is 22.1 Å². The van der Waals surface area contributed by atoms with Crippen LogP contribution in [0.15, 0.2) is 11.5 Å². The van der Waals surface area contributed by atoms with E-state index in [1.54, 1.807) is 27.7 Å². The summed E-state index contributed by atoms with van der Waals surface area (Å²) >= 11 is 0. The molecule has 0 aromatic heterocycles. The fraction of sp³-hybridized carbons (Fsp3) is 0.667. The maximum absolute atomic E-state index is 11.2. The van der Waals surface area contributed by atoms with Crippen molar-refractivity contribution in [3.05, 3.63) is 11.5 Å². The van der Waals surface area contributed by atoms with E-state index in [2.05, 4.69) is 5.32 Å². The highest BCUT2D eigenvalue weighted by Crippen LogP contribution is 2.07. The summed E-state index contributed by atoms with van der Waals surface area (Å²) in [6, 6.07) is -0.483. The molecule has 5 nitrogen and oxygen atoms in total. The average molecular weight is 270 g/mol. The number of nitrogens with one attached hydrogen (secondary N) is 1. The van der Waals surface area contributed by atoms with E-state index in [1.807, 2.05) is 0 Å². The smallest absolute Gasteiger partial charge is 0.408 e. The predicted molar refractivity (Wildman–Crippen MR) is 62.7 cm³/mol. The van der Waals surface area contributed by atoms with E-state index in [1.165, 1.54) is 6.08 Å². The summed E-state index contributed by atoms with van der Waals surface area (Å²) in [5.74, 6) is 0. The number of alkyl carbamates (subject to hydrolysis) is 1. The molecule has 0 aliphatic heterocycles. The zero-order chi connectivity index (χ0) is 13.0. The van der Waals surface area contributed by atoms with Crippen molar-refractivity contribution in [1.29, 1.82) is 0 Å². The molecule has 1 atom stereocenters. The van der Waals surface area contributed by atoms with Gasteiger partial charge < -0.3 is 10.1 Å². The third kappa shape index (κ3) is 9.79. The van der Waals surface area contributed by atoms with Gasteiger partial charge in [-0.15, -0.1) is 0 Å². The largest absolute Gasteiger partial charge is 0.444 e. The Balaban J connectivity index is 4.22. The summed E-state index contributed by atoms with van der Waals surface area (Å²) in [5, 5.41) is 3.25. The molecule has 0 fully saturated rings. The first-order chi connectivity index (χ1) is 6.99. The molecular formula is C9H16ClNO4S. The molecule has 0 spiro atoms. The van der Waals surface area contributed by atoms with E-state index < -0.39 is 26.8 Å². The highest BCUT2D eigenvalue weighted by atomic mass is 35.7. The Morgan fingerprint density at radius 3 is 2.31 bits per heavy atom. The molecule has 1 N–H and O–H groups in total. The predicted octanol–water partition coefficient (Wildman–Crippen LogP) is 1.98. The molecule has 0 aromatic rings. The Morgan fingerprint density at radius 2 is 1.94 bits per heavy atom. The molecule has 0 aliphatic carbocycles. The zero-order valence-electron chi connectivity index (χ0n) is 9.65. The molecule has 0 radical (unpaired) electrons. The number of hydrogen-bond donors (Lipinski definition) is 1. The van der Waals surface area contributed by atoms with Crippen molar-refractivity contribution >= 4 is 25.8 Å². The van der Waals surface area contributed by atoms with Crippen molar-refractivity contribution in [3.63, 3.8) is 0 Å². The Labute approximate surface area is 100 Å². The summed E-state index contributed by atoms with van der Waals surface area (Å²) in [7, 11) is 1.27. The normalized spacial score (nSPS) is 14.8. The number of halogens is 1. The fourth-order valence-corrected chi connectivity index (χ4v) is 1.35. The molecule has 16 heavy (non-hydrogen) atoms. The van der Waals surface area contributed by atoms with Gasteiger partial charge in [0.05, 0.1) is 0 Å². The monoisotopic (exact) mass is 269 g/mol. The van der Waals surface area contributed by atoms with Crippen LogP contribution in [0.3, 0.4) is 0 Å². The highest BCUT2D eigenvalue weighted by molar-refractivity contribution is 8.16. The second-order valence-corrected chi connectivity index (χ2v) is 6.75. The molecule has 0 saturated carbocycles. The van der Waals surface area contributed by atoms with Crippen molar-refractivity contribution in [2.24, 2.45) is 0 Å². The molecule has 1 unspecified atom stereocenters. The highest BCUT2D eigenvalue weighted by Gasteiger charge is 2.16. The van der Waals surface area contributed by atoms with Crippen molar-refractivity contribution in [3.8, 4) is 0 Å². The summed E-state index contributed by atoms with van der Waals surface area (Å²) in [6.45, 7) is 6.80. The lowest BCUT2D eigenvalue weighted by Crippen LogP contribution is -2.36. The van der Waals surface area contributed by atoms with Gasteiger partial charge in [-0.2, -0.15) is 0 Å². The number of carbonyl (C=O) groups excluding carboxylic acids is 1. The molecule has 1 amide bonds. The Bertz CT molecular complexity index is 369. The number of hydrogen-bond acceptors (Lipinski definition) is 4. The van der Waals surface area contributed by atoms with E-state index in [0.717, 1.165) is 5.41 Å². The molecule has 0 heterocycles. The van der Waals surface area contributed by atoms with Crippen LogP contribution in [0.4, 0.5) is 4.79 Å². The lowest BCUT2D eigenvalue weighted by Gasteiger charge is -2.20.